The van der Waals surface area contributed by atoms with E-state index >= 15 is 0 Å². The van der Waals surface area contributed by atoms with Gasteiger partial charge in [0.25, 0.3) is 0 Å². The van der Waals surface area contributed by atoms with Crippen molar-refractivity contribution in [2.45, 2.75) is 25.5 Å². The highest BCUT2D eigenvalue weighted by Gasteiger charge is 2.25. The summed E-state index contributed by atoms with van der Waals surface area (Å²) >= 11 is 0. The molecular formula is C21H27F3IN5O2. The minimum absolute atomic E-state index is 0. The third-order valence-electron chi connectivity index (χ3n) is 4.94. The lowest BCUT2D eigenvalue weighted by molar-refractivity contribution is -0.0512. The van der Waals surface area contributed by atoms with Crippen molar-refractivity contribution in [3.05, 3.63) is 47.9 Å². The van der Waals surface area contributed by atoms with Crippen LogP contribution in [0.4, 0.5) is 19.0 Å². The molecule has 0 radical (unpaired) electrons. The lowest BCUT2D eigenvalue weighted by Crippen LogP contribution is -2.45. The Morgan fingerprint density at radius 2 is 2.12 bits per heavy atom. The van der Waals surface area contributed by atoms with Gasteiger partial charge < -0.3 is 25.0 Å². The Kier molecular flexibility index (Phi) is 10.1. The zero-order valence-corrected chi connectivity index (χ0v) is 20.2. The molecule has 1 atom stereocenters. The van der Waals surface area contributed by atoms with Crippen molar-refractivity contribution in [3.63, 3.8) is 0 Å². The number of guanidine groups is 1. The SMILES string of the molecule is CN=C(NCCc1ccc(OC)c(OC(F)F)c1)NC1CCN(c2ncccc2F)C1.I. The van der Waals surface area contributed by atoms with Gasteiger partial charge in [-0.3, -0.25) is 4.99 Å². The molecular weight excluding hydrogens is 538 g/mol. The van der Waals surface area contributed by atoms with Crippen molar-refractivity contribution in [3.8, 4) is 11.5 Å². The fraction of sp³-hybridized carbons (Fsp3) is 0.429. The van der Waals surface area contributed by atoms with E-state index in [9.17, 15) is 13.2 Å². The second-order valence-corrected chi connectivity index (χ2v) is 7.00. The van der Waals surface area contributed by atoms with Crippen molar-refractivity contribution in [2.24, 2.45) is 4.99 Å². The minimum Gasteiger partial charge on any atom is -0.493 e. The van der Waals surface area contributed by atoms with E-state index in [2.05, 4.69) is 25.3 Å². The van der Waals surface area contributed by atoms with Gasteiger partial charge >= 0.3 is 6.61 Å². The summed E-state index contributed by atoms with van der Waals surface area (Å²) in [4.78, 5) is 10.3. The number of halogens is 4. The zero-order chi connectivity index (χ0) is 22.2. The van der Waals surface area contributed by atoms with Crippen LogP contribution in [0, 0.1) is 5.82 Å². The van der Waals surface area contributed by atoms with E-state index in [-0.39, 0.29) is 47.3 Å². The molecule has 1 fully saturated rings. The second kappa shape index (κ2) is 12.6. The quantitative estimate of drug-likeness (QED) is 0.291. The first kappa shape index (κ1) is 25.8. The van der Waals surface area contributed by atoms with Gasteiger partial charge in [0.2, 0.25) is 0 Å². The molecule has 11 heteroatoms. The maximum absolute atomic E-state index is 14.0. The van der Waals surface area contributed by atoms with Gasteiger partial charge in [-0.2, -0.15) is 8.78 Å². The van der Waals surface area contributed by atoms with E-state index < -0.39 is 6.61 Å². The number of aliphatic imine (C=N–C) groups is 1. The Hall–Kier alpha value is -2.44. The first-order valence-electron chi connectivity index (χ1n) is 9.94. The van der Waals surface area contributed by atoms with Gasteiger partial charge in [-0.15, -0.1) is 24.0 Å². The van der Waals surface area contributed by atoms with Crippen molar-refractivity contribution in [1.82, 2.24) is 15.6 Å². The summed E-state index contributed by atoms with van der Waals surface area (Å²) in [5.41, 5.74) is 0.817. The lowest BCUT2D eigenvalue weighted by Gasteiger charge is -2.20. The molecule has 1 aromatic heterocycles. The normalized spacial score (nSPS) is 16.0. The molecule has 0 bridgehead atoms. The lowest BCUT2D eigenvalue weighted by atomic mass is 10.1. The molecule has 1 unspecified atom stereocenters. The Morgan fingerprint density at radius 3 is 2.81 bits per heavy atom. The second-order valence-electron chi connectivity index (χ2n) is 7.00. The molecule has 1 aliphatic rings. The largest absolute Gasteiger partial charge is 0.493 e. The predicted octanol–water partition coefficient (Wildman–Crippen LogP) is 3.44. The van der Waals surface area contributed by atoms with Crippen LogP contribution in [0.2, 0.25) is 0 Å². The van der Waals surface area contributed by atoms with E-state index in [1.165, 1.54) is 13.2 Å². The number of rotatable bonds is 8. The summed E-state index contributed by atoms with van der Waals surface area (Å²) in [7, 11) is 3.07. The molecule has 1 saturated heterocycles. The molecule has 0 saturated carbocycles. The third-order valence-corrected chi connectivity index (χ3v) is 4.94. The summed E-state index contributed by atoms with van der Waals surface area (Å²) in [5, 5.41) is 6.54. The summed E-state index contributed by atoms with van der Waals surface area (Å²) in [6.07, 6.45) is 2.97. The standard InChI is InChI=1S/C21H26F3N5O2.HI/c1-25-21(28-15-8-11-29(13-15)19-16(22)4-3-9-26-19)27-10-7-14-5-6-17(30-2)18(12-14)31-20(23)24;/h3-6,9,12,15,20H,7-8,10-11,13H2,1-2H3,(H2,25,27,28);1H. The molecule has 7 nitrogen and oxygen atoms in total. The van der Waals surface area contributed by atoms with Gasteiger partial charge in [0.15, 0.2) is 29.1 Å². The van der Waals surface area contributed by atoms with E-state index in [1.807, 2.05) is 4.90 Å². The van der Waals surface area contributed by atoms with E-state index in [0.29, 0.717) is 37.8 Å². The van der Waals surface area contributed by atoms with Crippen LogP contribution in [0.15, 0.2) is 41.5 Å². The van der Waals surface area contributed by atoms with Gasteiger partial charge in [-0.05, 0) is 42.7 Å². The van der Waals surface area contributed by atoms with Crippen molar-refractivity contribution in [1.29, 1.82) is 0 Å². The van der Waals surface area contributed by atoms with Crippen LogP contribution in [0.5, 0.6) is 11.5 Å². The van der Waals surface area contributed by atoms with Gasteiger partial charge in [-0.25, -0.2) is 9.37 Å². The van der Waals surface area contributed by atoms with Crippen LogP contribution in [-0.4, -0.2) is 57.4 Å². The summed E-state index contributed by atoms with van der Waals surface area (Å²) < 4.78 is 48.7. The molecule has 176 valence electrons. The Labute approximate surface area is 202 Å². The summed E-state index contributed by atoms with van der Waals surface area (Å²) in [6, 6.07) is 8.01. The third kappa shape index (κ3) is 7.04. The van der Waals surface area contributed by atoms with Crippen molar-refractivity contribution >= 4 is 35.8 Å². The first-order valence-corrected chi connectivity index (χ1v) is 9.94. The summed E-state index contributed by atoms with van der Waals surface area (Å²) in [6.45, 7) is -1.08. The fourth-order valence-corrected chi connectivity index (χ4v) is 3.46. The van der Waals surface area contributed by atoms with Crippen LogP contribution in [-0.2, 0) is 6.42 Å². The number of methoxy groups -OCH3 is 1. The number of pyridine rings is 1. The van der Waals surface area contributed by atoms with Gasteiger partial charge in [-0.1, -0.05) is 6.07 Å². The number of nitrogens with zero attached hydrogens (tertiary/aromatic N) is 3. The maximum atomic E-state index is 14.0. The molecule has 3 rings (SSSR count). The van der Waals surface area contributed by atoms with Crippen LogP contribution in [0.3, 0.4) is 0 Å². The molecule has 32 heavy (non-hydrogen) atoms. The Morgan fingerprint density at radius 1 is 1.31 bits per heavy atom. The predicted molar refractivity (Wildman–Crippen MR) is 128 cm³/mol. The number of benzene rings is 1. The van der Waals surface area contributed by atoms with Gasteiger partial charge in [0.05, 0.1) is 7.11 Å². The first-order chi connectivity index (χ1) is 15.0. The molecule has 0 aliphatic carbocycles. The number of hydrogen-bond acceptors (Lipinski definition) is 5. The van der Waals surface area contributed by atoms with Crippen molar-refractivity contribution < 1.29 is 22.6 Å². The number of nitrogens with one attached hydrogen (secondary N) is 2. The molecule has 2 aromatic rings. The van der Waals surface area contributed by atoms with E-state index in [4.69, 9.17) is 4.74 Å². The number of hydrogen-bond donors (Lipinski definition) is 2. The summed E-state index contributed by atoms with van der Waals surface area (Å²) in [5.74, 6) is 0.900. The zero-order valence-electron chi connectivity index (χ0n) is 17.9. The Balaban J connectivity index is 0.00000363. The number of aromatic nitrogens is 1. The molecule has 1 aromatic carbocycles. The maximum Gasteiger partial charge on any atom is 0.387 e. The van der Waals surface area contributed by atoms with Crippen LogP contribution in [0.25, 0.3) is 0 Å². The van der Waals surface area contributed by atoms with Crippen LogP contribution in [0.1, 0.15) is 12.0 Å². The number of alkyl halides is 2. The monoisotopic (exact) mass is 565 g/mol. The van der Waals surface area contributed by atoms with Gasteiger partial charge in [0.1, 0.15) is 0 Å². The van der Waals surface area contributed by atoms with Crippen molar-refractivity contribution in [2.75, 3.05) is 38.7 Å². The fourth-order valence-electron chi connectivity index (χ4n) is 3.46. The highest BCUT2D eigenvalue weighted by molar-refractivity contribution is 14.0. The van der Waals surface area contributed by atoms with E-state index in [0.717, 1.165) is 12.0 Å². The number of anilines is 1. The minimum atomic E-state index is -2.92. The van der Waals surface area contributed by atoms with E-state index in [1.54, 1.807) is 37.5 Å². The number of ether oxygens (including phenoxy) is 2. The molecule has 1 aliphatic heterocycles. The molecule has 2 N–H and O–H groups in total. The highest BCUT2D eigenvalue weighted by atomic mass is 127. The molecule has 0 amide bonds. The highest BCUT2D eigenvalue weighted by Crippen LogP contribution is 2.29. The van der Waals surface area contributed by atoms with Gasteiger partial charge in [0, 0.05) is 38.9 Å². The van der Waals surface area contributed by atoms with Crippen LogP contribution < -0.4 is 25.0 Å². The smallest absolute Gasteiger partial charge is 0.387 e. The van der Waals surface area contributed by atoms with Crippen LogP contribution >= 0.6 is 24.0 Å². The molecule has 2 heterocycles. The molecule has 0 spiro atoms. The Bertz CT molecular complexity index is 903. The topological polar surface area (TPSA) is 71.0 Å². The average Bonchev–Trinajstić information content (AvgIpc) is 3.21. The average molecular weight is 565 g/mol.